The van der Waals surface area contributed by atoms with E-state index in [1.165, 1.54) is 12.8 Å². The summed E-state index contributed by atoms with van der Waals surface area (Å²) in [6.45, 7) is 3.79. The Balaban J connectivity index is 1.62. The Kier molecular flexibility index (Phi) is 5.86. The van der Waals surface area contributed by atoms with E-state index in [2.05, 4.69) is 26.6 Å². The number of amides is 1. The molecule has 1 saturated carbocycles. The van der Waals surface area contributed by atoms with E-state index in [1.54, 1.807) is 0 Å². The van der Waals surface area contributed by atoms with Crippen LogP contribution in [-0.2, 0) is 4.79 Å². The summed E-state index contributed by atoms with van der Waals surface area (Å²) in [7, 11) is 0. The lowest BCUT2D eigenvalue weighted by Gasteiger charge is -2.16. The van der Waals surface area contributed by atoms with Gasteiger partial charge in [-0.3, -0.25) is 4.79 Å². The molecule has 2 N–H and O–H groups in total. The molecular formula is C15H21BrN2O2. The van der Waals surface area contributed by atoms with Crippen LogP contribution in [-0.4, -0.2) is 31.6 Å². The number of rotatable bonds is 8. The van der Waals surface area contributed by atoms with Crippen molar-refractivity contribution < 1.29 is 9.53 Å². The number of nitrogens with one attached hydrogen (secondary N) is 2. The predicted molar refractivity (Wildman–Crippen MR) is 82.8 cm³/mol. The summed E-state index contributed by atoms with van der Waals surface area (Å²) in [5, 5.41) is 6.04. The third-order valence-electron chi connectivity index (χ3n) is 3.17. The molecular weight excluding hydrogens is 320 g/mol. The second kappa shape index (κ2) is 7.64. The van der Waals surface area contributed by atoms with Crippen LogP contribution in [0.15, 0.2) is 28.7 Å². The van der Waals surface area contributed by atoms with E-state index < -0.39 is 0 Å². The number of carbonyl (C=O) groups excluding carboxylic acids is 1. The first-order valence-electron chi connectivity index (χ1n) is 7.03. The van der Waals surface area contributed by atoms with Gasteiger partial charge in [0.1, 0.15) is 11.9 Å². The molecule has 1 aliphatic carbocycles. The highest BCUT2D eigenvalue weighted by molar-refractivity contribution is 9.10. The third kappa shape index (κ3) is 5.51. The lowest BCUT2D eigenvalue weighted by atomic mass is 10.3. The molecule has 0 saturated heterocycles. The molecule has 0 heterocycles. The van der Waals surface area contributed by atoms with Crippen molar-refractivity contribution in [2.45, 2.75) is 25.9 Å². The number of ether oxygens (including phenoxy) is 1. The van der Waals surface area contributed by atoms with Crippen molar-refractivity contribution in [2.75, 3.05) is 19.6 Å². The number of hydrogen-bond acceptors (Lipinski definition) is 3. The Labute approximate surface area is 128 Å². The number of carbonyl (C=O) groups is 1. The van der Waals surface area contributed by atoms with Gasteiger partial charge in [-0.05, 0) is 60.3 Å². The van der Waals surface area contributed by atoms with Crippen molar-refractivity contribution in [3.63, 3.8) is 0 Å². The second-order valence-electron chi connectivity index (χ2n) is 5.24. The lowest BCUT2D eigenvalue weighted by Crippen LogP contribution is -2.39. The van der Waals surface area contributed by atoms with Gasteiger partial charge in [0.25, 0.3) is 0 Å². The fourth-order valence-electron chi connectivity index (χ4n) is 1.83. The molecule has 0 aliphatic heterocycles. The maximum absolute atomic E-state index is 11.6. The van der Waals surface area contributed by atoms with E-state index in [-0.39, 0.29) is 12.0 Å². The van der Waals surface area contributed by atoms with Gasteiger partial charge in [-0.25, -0.2) is 0 Å². The zero-order chi connectivity index (χ0) is 14.4. The van der Waals surface area contributed by atoms with Gasteiger partial charge in [-0.15, -0.1) is 0 Å². The quantitative estimate of drug-likeness (QED) is 0.763. The van der Waals surface area contributed by atoms with Crippen LogP contribution in [0.4, 0.5) is 0 Å². The molecule has 0 radical (unpaired) electrons. The molecule has 0 bridgehead atoms. The molecule has 0 aromatic heterocycles. The highest BCUT2D eigenvalue weighted by atomic mass is 79.9. The van der Waals surface area contributed by atoms with Gasteiger partial charge in [0.2, 0.25) is 5.91 Å². The molecule has 1 aromatic rings. The molecule has 1 atom stereocenters. The first kappa shape index (κ1) is 15.3. The monoisotopic (exact) mass is 340 g/mol. The van der Waals surface area contributed by atoms with Crippen molar-refractivity contribution in [3.05, 3.63) is 28.7 Å². The fraction of sp³-hybridized carbons (Fsp3) is 0.533. The standard InChI is InChI=1S/C15H21BrN2O2/c1-11(20-14-5-3-2-4-13(14)16)8-18-15(19)10-17-9-12-6-7-12/h2-5,11-12,17H,6-10H2,1H3,(H,18,19). The molecule has 1 amide bonds. The maximum atomic E-state index is 11.6. The fourth-order valence-corrected chi connectivity index (χ4v) is 2.21. The summed E-state index contributed by atoms with van der Waals surface area (Å²) in [4.78, 5) is 11.6. The van der Waals surface area contributed by atoms with Crippen LogP contribution >= 0.6 is 15.9 Å². The molecule has 1 fully saturated rings. The maximum Gasteiger partial charge on any atom is 0.234 e. The Morgan fingerprint density at radius 2 is 2.20 bits per heavy atom. The van der Waals surface area contributed by atoms with Gasteiger partial charge in [0.15, 0.2) is 0 Å². The minimum atomic E-state index is -0.0684. The van der Waals surface area contributed by atoms with Gasteiger partial charge in [0, 0.05) is 0 Å². The normalized spacial score (nSPS) is 15.7. The molecule has 5 heteroatoms. The van der Waals surface area contributed by atoms with Crippen molar-refractivity contribution in [2.24, 2.45) is 5.92 Å². The zero-order valence-corrected chi connectivity index (χ0v) is 13.3. The molecule has 110 valence electrons. The Morgan fingerprint density at radius 3 is 2.90 bits per heavy atom. The third-order valence-corrected chi connectivity index (χ3v) is 3.82. The smallest absolute Gasteiger partial charge is 0.234 e. The highest BCUT2D eigenvalue weighted by Gasteiger charge is 2.20. The average Bonchev–Trinajstić information content (AvgIpc) is 3.23. The SMILES string of the molecule is CC(CNC(=O)CNCC1CC1)Oc1ccccc1Br. The van der Waals surface area contributed by atoms with Crippen LogP contribution in [0.2, 0.25) is 0 Å². The molecule has 2 rings (SSSR count). The summed E-state index contributed by atoms with van der Waals surface area (Å²) in [5.41, 5.74) is 0. The van der Waals surface area contributed by atoms with E-state index in [9.17, 15) is 4.79 Å². The Bertz CT molecular complexity index is 449. The highest BCUT2D eigenvalue weighted by Crippen LogP contribution is 2.27. The van der Waals surface area contributed by atoms with Gasteiger partial charge in [-0.2, -0.15) is 0 Å². The zero-order valence-electron chi connectivity index (χ0n) is 11.7. The summed E-state index contributed by atoms with van der Waals surface area (Å²) in [6, 6.07) is 7.70. The van der Waals surface area contributed by atoms with Crippen LogP contribution < -0.4 is 15.4 Å². The first-order valence-corrected chi connectivity index (χ1v) is 7.83. The topological polar surface area (TPSA) is 50.4 Å². The summed E-state index contributed by atoms with van der Waals surface area (Å²) in [5.74, 6) is 1.61. The van der Waals surface area contributed by atoms with Gasteiger partial charge in [0.05, 0.1) is 17.6 Å². The van der Waals surface area contributed by atoms with Crippen molar-refractivity contribution in [1.82, 2.24) is 10.6 Å². The van der Waals surface area contributed by atoms with E-state index in [4.69, 9.17) is 4.74 Å². The largest absolute Gasteiger partial charge is 0.488 e. The molecule has 4 nitrogen and oxygen atoms in total. The van der Waals surface area contributed by atoms with E-state index in [0.717, 1.165) is 22.7 Å². The van der Waals surface area contributed by atoms with Crippen molar-refractivity contribution in [3.8, 4) is 5.75 Å². The summed E-state index contributed by atoms with van der Waals surface area (Å²) >= 11 is 3.44. The second-order valence-corrected chi connectivity index (χ2v) is 6.09. The minimum Gasteiger partial charge on any atom is -0.488 e. The summed E-state index contributed by atoms with van der Waals surface area (Å²) in [6.07, 6.45) is 2.53. The minimum absolute atomic E-state index is 0.0215. The van der Waals surface area contributed by atoms with Gasteiger partial charge in [-0.1, -0.05) is 12.1 Å². The van der Waals surface area contributed by atoms with E-state index in [0.29, 0.717) is 13.1 Å². The molecule has 1 aromatic carbocycles. The van der Waals surface area contributed by atoms with Crippen LogP contribution in [0.1, 0.15) is 19.8 Å². The number of halogens is 1. The number of hydrogen-bond donors (Lipinski definition) is 2. The van der Waals surface area contributed by atoms with Gasteiger partial charge >= 0.3 is 0 Å². The predicted octanol–water partition coefficient (Wildman–Crippen LogP) is 2.33. The molecule has 1 aliphatic rings. The van der Waals surface area contributed by atoms with Crippen LogP contribution in [0.5, 0.6) is 5.75 Å². The molecule has 0 spiro atoms. The first-order chi connectivity index (χ1) is 9.65. The van der Waals surface area contributed by atoms with E-state index in [1.807, 2.05) is 31.2 Å². The Morgan fingerprint density at radius 1 is 1.45 bits per heavy atom. The molecule has 20 heavy (non-hydrogen) atoms. The average molecular weight is 341 g/mol. The Hall–Kier alpha value is -1.07. The number of benzene rings is 1. The molecule has 1 unspecified atom stereocenters. The van der Waals surface area contributed by atoms with Crippen LogP contribution in [0.25, 0.3) is 0 Å². The van der Waals surface area contributed by atoms with E-state index >= 15 is 0 Å². The van der Waals surface area contributed by atoms with Crippen molar-refractivity contribution >= 4 is 21.8 Å². The van der Waals surface area contributed by atoms with Crippen LogP contribution in [0, 0.1) is 5.92 Å². The summed E-state index contributed by atoms with van der Waals surface area (Å²) < 4.78 is 6.69. The number of para-hydroxylation sites is 1. The lowest BCUT2D eigenvalue weighted by molar-refractivity contribution is -0.120. The van der Waals surface area contributed by atoms with Crippen LogP contribution in [0.3, 0.4) is 0 Å². The van der Waals surface area contributed by atoms with Crippen molar-refractivity contribution in [1.29, 1.82) is 0 Å². The van der Waals surface area contributed by atoms with Gasteiger partial charge < -0.3 is 15.4 Å².